The summed E-state index contributed by atoms with van der Waals surface area (Å²) in [5.41, 5.74) is 10.2. The van der Waals surface area contributed by atoms with E-state index in [-0.39, 0.29) is 5.91 Å². The summed E-state index contributed by atoms with van der Waals surface area (Å²) in [5.74, 6) is 1.60. The molecule has 0 fully saturated rings. The molecule has 0 saturated carbocycles. The number of ether oxygens (including phenoxy) is 1. The second kappa shape index (κ2) is 8.01. The third-order valence-electron chi connectivity index (χ3n) is 4.23. The summed E-state index contributed by atoms with van der Waals surface area (Å²) in [4.78, 5) is 20.3. The zero-order chi connectivity index (χ0) is 18.5. The maximum atomic E-state index is 12.4. The monoisotopic (exact) mass is 352 g/mol. The van der Waals surface area contributed by atoms with Crippen molar-refractivity contribution in [1.29, 1.82) is 0 Å². The number of hydrogen-bond acceptors (Lipinski definition) is 4. The Morgan fingerprint density at radius 1 is 1.23 bits per heavy atom. The lowest BCUT2D eigenvalue weighted by Crippen LogP contribution is -2.36. The Morgan fingerprint density at radius 2 is 2.00 bits per heavy atom. The van der Waals surface area contributed by atoms with Gasteiger partial charge in [-0.3, -0.25) is 10.2 Å². The van der Waals surface area contributed by atoms with E-state index in [1.165, 1.54) is 0 Å². The summed E-state index contributed by atoms with van der Waals surface area (Å²) in [5, 5.41) is 0. The molecule has 0 aliphatic carbocycles. The standard InChI is InChI=1S/C20H24N4O2/c1-4-5-18-22-17-11-15(10-13(2)19(17)23-18)20(25)24-21-12-14-6-8-16(26-3)9-7-14/h6-11,21H,4-5,12H2,1-3H3,(H,22,23)(H,24,25). The van der Waals surface area contributed by atoms with Crippen LogP contribution in [0.25, 0.3) is 11.0 Å². The van der Waals surface area contributed by atoms with E-state index in [0.717, 1.165) is 46.6 Å². The molecule has 0 bridgehead atoms. The first-order valence-electron chi connectivity index (χ1n) is 8.76. The number of imidazole rings is 1. The van der Waals surface area contributed by atoms with Gasteiger partial charge >= 0.3 is 0 Å². The topological polar surface area (TPSA) is 79.0 Å². The van der Waals surface area contributed by atoms with Crippen LogP contribution in [0.2, 0.25) is 0 Å². The smallest absolute Gasteiger partial charge is 0.265 e. The highest BCUT2D eigenvalue weighted by atomic mass is 16.5. The summed E-state index contributed by atoms with van der Waals surface area (Å²) in [6, 6.07) is 11.4. The third kappa shape index (κ3) is 4.03. The van der Waals surface area contributed by atoms with Crippen molar-refractivity contribution < 1.29 is 9.53 Å². The van der Waals surface area contributed by atoms with Crippen molar-refractivity contribution in [1.82, 2.24) is 20.8 Å². The summed E-state index contributed by atoms with van der Waals surface area (Å²) in [6.07, 6.45) is 1.93. The fourth-order valence-electron chi connectivity index (χ4n) is 2.87. The van der Waals surface area contributed by atoms with Crippen LogP contribution >= 0.6 is 0 Å². The van der Waals surface area contributed by atoms with E-state index in [4.69, 9.17) is 4.74 Å². The minimum absolute atomic E-state index is 0.171. The molecule has 0 saturated heterocycles. The van der Waals surface area contributed by atoms with Gasteiger partial charge in [0.1, 0.15) is 11.6 Å². The number of aromatic amines is 1. The van der Waals surface area contributed by atoms with Crippen LogP contribution in [-0.4, -0.2) is 23.0 Å². The van der Waals surface area contributed by atoms with Crippen LogP contribution in [-0.2, 0) is 13.0 Å². The van der Waals surface area contributed by atoms with Crippen LogP contribution in [0.3, 0.4) is 0 Å². The Hall–Kier alpha value is -2.86. The normalized spacial score (nSPS) is 10.9. The van der Waals surface area contributed by atoms with Gasteiger partial charge < -0.3 is 9.72 Å². The number of hydrogen-bond donors (Lipinski definition) is 3. The number of carbonyl (C=O) groups is 1. The minimum atomic E-state index is -0.171. The lowest BCUT2D eigenvalue weighted by molar-refractivity contribution is 0.0932. The Balaban J connectivity index is 1.65. The summed E-state index contributed by atoms with van der Waals surface area (Å²) in [6.45, 7) is 4.62. The van der Waals surface area contributed by atoms with Gasteiger partial charge in [0.05, 0.1) is 18.1 Å². The van der Waals surface area contributed by atoms with Gasteiger partial charge in [-0.25, -0.2) is 10.4 Å². The number of methoxy groups -OCH3 is 1. The van der Waals surface area contributed by atoms with E-state index in [1.54, 1.807) is 7.11 Å². The maximum Gasteiger partial charge on any atom is 0.265 e. The number of rotatable bonds is 7. The maximum absolute atomic E-state index is 12.4. The molecule has 0 atom stereocenters. The number of H-pyrrole nitrogens is 1. The molecule has 3 N–H and O–H groups in total. The van der Waals surface area contributed by atoms with Crippen molar-refractivity contribution in [3.05, 3.63) is 58.9 Å². The number of fused-ring (bicyclic) bond motifs is 1. The molecule has 0 aliphatic heterocycles. The Kier molecular flexibility index (Phi) is 5.53. The summed E-state index contributed by atoms with van der Waals surface area (Å²) < 4.78 is 5.13. The van der Waals surface area contributed by atoms with E-state index in [1.807, 2.05) is 43.3 Å². The zero-order valence-electron chi connectivity index (χ0n) is 15.3. The number of aromatic nitrogens is 2. The van der Waals surface area contributed by atoms with Crippen LogP contribution in [0.4, 0.5) is 0 Å². The number of aryl methyl sites for hydroxylation is 2. The van der Waals surface area contributed by atoms with Gasteiger partial charge in [-0.05, 0) is 48.7 Å². The Bertz CT molecular complexity index is 900. The number of hydrazine groups is 1. The number of amides is 1. The van der Waals surface area contributed by atoms with Crippen LogP contribution in [0.1, 0.15) is 40.7 Å². The first-order valence-corrected chi connectivity index (χ1v) is 8.76. The highest BCUT2D eigenvalue weighted by Gasteiger charge is 2.11. The average molecular weight is 352 g/mol. The van der Waals surface area contributed by atoms with Crippen molar-refractivity contribution in [2.75, 3.05) is 7.11 Å². The summed E-state index contributed by atoms with van der Waals surface area (Å²) in [7, 11) is 1.64. The molecule has 3 aromatic rings. The average Bonchev–Trinajstić information content (AvgIpc) is 3.06. The molecule has 0 unspecified atom stereocenters. The first kappa shape index (κ1) is 17.9. The molecule has 2 aromatic carbocycles. The number of carbonyl (C=O) groups excluding carboxylic acids is 1. The molecule has 0 radical (unpaired) electrons. The van der Waals surface area contributed by atoms with Gasteiger partial charge in [0.2, 0.25) is 0 Å². The van der Waals surface area contributed by atoms with Gasteiger partial charge in [-0.2, -0.15) is 0 Å². The summed E-state index contributed by atoms with van der Waals surface area (Å²) >= 11 is 0. The van der Waals surface area contributed by atoms with E-state index in [0.29, 0.717) is 12.1 Å². The largest absolute Gasteiger partial charge is 0.497 e. The minimum Gasteiger partial charge on any atom is -0.497 e. The van der Waals surface area contributed by atoms with E-state index in [9.17, 15) is 4.79 Å². The SMILES string of the molecule is CCCc1nc2c(C)cc(C(=O)NNCc3ccc(OC)cc3)cc2[nH]1. The predicted octanol–water partition coefficient (Wildman–Crippen LogP) is 3.27. The Labute approximate surface area is 152 Å². The van der Waals surface area contributed by atoms with Gasteiger partial charge in [-0.15, -0.1) is 0 Å². The number of benzene rings is 2. The van der Waals surface area contributed by atoms with E-state index >= 15 is 0 Å². The molecule has 6 nitrogen and oxygen atoms in total. The quantitative estimate of drug-likeness (QED) is 0.570. The lowest BCUT2D eigenvalue weighted by atomic mass is 10.1. The molecule has 6 heteroatoms. The molecule has 136 valence electrons. The van der Waals surface area contributed by atoms with Gasteiger partial charge in [-0.1, -0.05) is 19.1 Å². The van der Waals surface area contributed by atoms with Crippen LogP contribution in [0.15, 0.2) is 36.4 Å². The molecular formula is C20H24N4O2. The molecule has 3 rings (SSSR count). The van der Waals surface area contributed by atoms with Gasteiger partial charge in [0, 0.05) is 18.5 Å². The molecule has 0 aliphatic rings. The molecular weight excluding hydrogens is 328 g/mol. The van der Waals surface area contributed by atoms with E-state index < -0.39 is 0 Å². The van der Waals surface area contributed by atoms with Crippen molar-refractivity contribution in [3.63, 3.8) is 0 Å². The zero-order valence-corrected chi connectivity index (χ0v) is 15.3. The van der Waals surface area contributed by atoms with Crippen molar-refractivity contribution in [3.8, 4) is 5.75 Å². The Morgan fingerprint density at radius 3 is 2.69 bits per heavy atom. The van der Waals surface area contributed by atoms with Crippen LogP contribution in [0, 0.1) is 6.92 Å². The van der Waals surface area contributed by atoms with Gasteiger partial charge in [0.15, 0.2) is 0 Å². The first-order chi connectivity index (χ1) is 12.6. The molecule has 26 heavy (non-hydrogen) atoms. The predicted molar refractivity (Wildman–Crippen MR) is 102 cm³/mol. The lowest BCUT2D eigenvalue weighted by Gasteiger charge is -2.09. The number of nitrogens with one attached hydrogen (secondary N) is 3. The van der Waals surface area contributed by atoms with Crippen LogP contribution < -0.4 is 15.6 Å². The molecule has 1 heterocycles. The van der Waals surface area contributed by atoms with E-state index in [2.05, 4.69) is 27.7 Å². The molecule has 1 aromatic heterocycles. The fraction of sp³-hybridized carbons (Fsp3) is 0.300. The highest BCUT2D eigenvalue weighted by Crippen LogP contribution is 2.19. The second-order valence-corrected chi connectivity index (χ2v) is 6.28. The third-order valence-corrected chi connectivity index (χ3v) is 4.23. The van der Waals surface area contributed by atoms with Crippen molar-refractivity contribution in [2.45, 2.75) is 33.2 Å². The molecule has 0 spiro atoms. The molecule has 1 amide bonds. The number of nitrogens with zero attached hydrogens (tertiary/aromatic N) is 1. The second-order valence-electron chi connectivity index (χ2n) is 6.28. The van der Waals surface area contributed by atoms with Crippen molar-refractivity contribution in [2.24, 2.45) is 0 Å². The highest BCUT2D eigenvalue weighted by molar-refractivity contribution is 5.98. The van der Waals surface area contributed by atoms with Crippen molar-refractivity contribution >= 4 is 16.9 Å². The fourth-order valence-corrected chi connectivity index (χ4v) is 2.87. The van der Waals surface area contributed by atoms with Gasteiger partial charge in [0.25, 0.3) is 5.91 Å². The van der Waals surface area contributed by atoms with Crippen LogP contribution in [0.5, 0.6) is 5.75 Å².